The van der Waals surface area contributed by atoms with Gasteiger partial charge in [-0.05, 0) is 37.0 Å². The SMILES string of the molecule is O=C(c1cccc(N2CCOC2=O)c1)N1CCOC(C2CCCCC2)C1. The van der Waals surface area contributed by atoms with Crippen LogP contribution in [0, 0.1) is 5.92 Å². The van der Waals surface area contributed by atoms with Crippen molar-refractivity contribution in [3.05, 3.63) is 29.8 Å². The highest BCUT2D eigenvalue weighted by Gasteiger charge is 2.32. The Morgan fingerprint density at radius 1 is 1.08 bits per heavy atom. The molecule has 0 spiro atoms. The number of hydrogen-bond acceptors (Lipinski definition) is 4. The normalized spacial score (nSPS) is 24.6. The van der Waals surface area contributed by atoms with E-state index in [1.165, 1.54) is 32.1 Å². The highest BCUT2D eigenvalue weighted by molar-refractivity contribution is 5.97. The zero-order valence-electron chi connectivity index (χ0n) is 15.1. The zero-order chi connectivity index (χ0) is 17.9. The number of carbonyl (C=O) groups is 2. The number of hydrogen-bond donors (Lipinski definition) is 0. The van der Waals surface area contributed by atoms with Crippen molar-refractivity contribution in [3.8, 4) is 0 Å². The second-order valence-corrected chi connectivity index (χ2v) is 7.37. The highest BCUT2D eigenvalue weighted by atomic mass is 16.6. The van der Waals surface area contributed by atoms with E-state index in [0.29, 0.717) is 44.3 Å². The van der Waals surface area contributed by atoms with Crippen LogP contribution in [0.25, 0.3) is 0 Å². The minimum Gasteiger partial charge on any atom is -0.447 e. The predicted molar refractivity (Wildman–Crippen MR) is 97.4 cm³/mol. The lowest BCUT2D eigenvalue weighted by atomic mass is 9.84. The summed E-state index contributed by atoms with van der Waals surface area (Å²) >= 11 is 0. The molecule has 0 bridgehead atoms. The van der Waals surface area contributed by atoms with Crippen molar-refractivity contribution in [2.45, 2.75) is 38.2 Å². The van der Waals surface area contributed by atoms with E-state index in [9.17, 15) is 9.59 Å². The summed E-state index contributed by atoms with van der Waals surface area (Å²) in [5.74, 6) is 0.591. The van der Waals surface area contributed by atoms with Gasteiger partial charge in [-0.25, -0.2) is 4.79 Å². The molecule has 0 aromatic heterocycles. The van der Waals surface area contributed by atoms with Crippen molar-refractivity contribution >= 4 is 17.7 Å². The maximum atomic E-state index is 13.0. The van der Waals surface area contributed by atoms with E-state index < -0.39 is 0 Å². The summed E-state index contributed by atoms with van der Waals surface area (Å²) in [7, 11) is 0. The van der Waals surface area contributed by atoms with Gasteiger partial charge in [0.25, 0.3) is 5.91 Å². The molecule has 2 aliphatic heterocycles. The molecule has 1 aliphatic carbocycles. The Bertz CT molecular complexity index is 672. The van der Waals surface area contributed by atoms with Gasteiger partial charge in [0.15, 0.2) is 0 Å². The van der Waals surface area contributed by atoms with Crippen LogP contribution in [0.5, 0.6) is 0 Å². The minimum absolute atomic E-state index is 0.0172. The van der Waals surface area contributed by atoms with Crippen LogP contribution in [0.3, 0.4) is 0 Å². The molecule has 1 aromatic rings. The van der Waals surface area contributed by atoms with Gasteiger partial charge in [0.1, 0.15) is 6.61 Å². The second-order valence-electron chi connectivity index (χ2n) is 7.37. The molecule has 2 amide bonds. The molecule has 0 radical (unpaired) electrons. The molecule has 1 atom stereocenters. The number of ether oxygens (including phenoxy) is 2. The molecule has 2 saturated heterocycles. The molecule has 4 rings (SSSR count). The Hall–Kier alpha value is -2.08. The van der Waals surface area contributed by atoms with Gasteiger partial charge in [-0.15, -0.1) is 0 Å². The van der Waals surface area contributed by atoms with Crippen LogP contribution >= 0.6 is 0 Å². The molecule has 6 nitrogen and oxygen atoms in total. The Kier molecular flexibility index (Phi) is 5.11. The van der Waals surface area contributed by atoms with Crippen LogP contribution in [-0.4, -0.2) is 55.9 Å². The molecule has 6 heteroatoms. The van der Waals surface area contributed by atoms with Crippen LogP contribution in [0.4, 0.5) is 10.5 Å². The van der Waals surface area contributed by atoms with E-state index in [1.54, 1.807) is 11.0 Å². The minimum atomic E-state index is -0.349. The summed E-state index contributed by atoms with van der Waals surface area (Å²) in [5, 5.41) is 0. The third kappa shape index (κ3) is 3.56. The van der Waals surface area contributed by atoms with Crippen LogP contribution < -0.4 is 4.90 Å². The quantitative estimate of drug-likeness (QED) is 0.833. The zero-order valence-corrected chi connectivity index (χ0v) is 15.1. The Morgan fingerprint density at radius 2 is 1.92 bits per heavy atom. The molecule has 3 aliphatic rings. The summed E-state index contributed by atoms with van der Waals surface area (Å²) in [6.45, 7) is 2.81. The first-order chi connectivity index (χ1) is 12.7. The number of amides is 2. The molecule has 0 N–H and O–H groups in total. The van der Waals surface area contributed by atoms with E-state index >= 15 is 0 Å². The average molecular weight is 358 g/mol. The Morgan fingerprint density at radius 3 is 2.69 bits per heavy atom. The van der Waals surface area contributed by atoms with Gasteiger partial charge in [0, 0.05) is 24.3 Å². The smallest absolute Gasteiger partial charge is 0.414 e. The monoisotopic (exact) mass is 358 g/mol. The fourth-order valence-electron chi connectivity index (χ4n) is 4.27. The fraction of sp³-hybridized carbons (Fsp3) is 0.600. The van der Waals surface area contributed by atoms with Crippen molar-refractivity contribution in [2.24, 2.45) is 5.92 Å². The summed E-state index contributed by atoms with van der Waals surface area (Å²) < 4.78 is 11.0. The van der Waals surface area contributed by atoms with Crippen LogP contribution in [0.1, 0.15) is 42.5 Å². The number of benzene rings is 1. The van der Waals surface area contributed by atoms with Gasteiger partial charge in [-0.2, -0.15) is 0 Å². The fourth-order valence-corrected chi connectivity index (χ4v) is 4.27. The third-order valence-corrected chi connectivity index (χ3v) is 5.72. The maximum Gasteiger partial charge on any atom is 0.414 e. The second kappa shape index (κ2) is 7.66. The van der Waals surface area contributed by atoms with Crippen LogP contribution in [-0.2, 0) is 9.47 Å². The van der Waals surface area contributed by atoms with E-state index in [4.69, 9.17) is 9.47 Å². The lowest BCUT2D eigenvalue weighted by molar-refractivity contribution is -0.0562. The molecule has 1 unspecified atom stereocenters. The van der Waals surface area contributed by atoms with Gasteiger partial charge >= 0.3 is 6.09 Å². The van der Waals surface area contributed by atoms with Crippen molar-refractivity contribution in [1.82, 2.24) is 4.90 Å². The van der Waals surface area contributed by atoms with E-state index in [-0.39, 0.29) is 18.1 Å². The van der Waals surface area contributed by atoms with Crippen LogP contribution in [0.15, 0.2) is 24.3 Å². The topological polar surface area (TPSA) is 59.1 Å². The van der Waals surface area contributed by atoms with Crippen LogP contribution in [0.2, 0.25) is 0 Å². The van der Waals surface area contributed by atoms with Gasteiger partial charge in [0.2, 0.25) is 0 Å². The first-order valence-corrected chi connectivity index (χ1v) is 9.67. The number of morpholine rings is 1. The summed E-state index contributed by atoms with van der Waals surface area (Å²) in [5.41, 5.74) is 1.34. The molecule has 2 heterocycles. The average Bonchev–Trinajstić information content (AvgIpc) is 3.14. The van der Waals surface area contributed by atoms with Crippen molar-refractivity contribution in [3.63, 3.8) is 0 Å². The van der Waals surface area contributed by atoms with Gasteiger partial charge in [-0.3, -0.25) is 9.69 Å². The molecule has 140 valence electrons. The van der Waals surface area contributed by atoms with E-state index in [1.807, 2.05) is 23.1 Å². The molecule has 3 fully saturated rings. The van der Waals surface area contributed by atoms with Gasteiger partial charge < -0.3 is 14.4 Å². The van der Waals surface area contributed by atoms with E-state index in [2.05, 4.69) is 0 Å². The van der Waals surface area contributed by atoms with Gasteiger partial charge in [0.05, 0.1) is 19.3 Å². The number of anilines is 1. The maximum absolute atomic E-state index is 13.0. The number of nitrogens with zero attached hydrogens (tertiary/aromatic N) is 2. The predicted octanol–water partition coefficient (Wildman–Crippen LogP) is 3.06. The third-order valence-electron chi connectivity index (χ3n) is 5.72. The van der Waals surface area contributed by atoms with Crippen molar-refractivity contribution in [2.75, 3.05) is 37.7 Å². The Labute approximate surface area is 154 Å². The standard InChI is InChI=1S/C20H26N2O4/c23-19(16-7-4-8-17(13-16)22-10-12-26-20(22)24)21-9-11-25-18(14-21)15-5-2-1-3-6-15/h4,7-8,13,15,18H,1-3,5-6,9-12,14H2. The Balaban J connectivity index is 1.45. The first-order valence-electron chi connectivity index (χ1n) is 9.67. The molecule has 26 heavy (non-hydrogen) atoms. The van der Waals surface area contributed by atoms with Crippen molar-refractivity contribution in [1.29, 1.82) is 0 Å². The van der Waals surface area contributed by atoms with Crippen molar-refractivity contribution < 1.29 is 19.1 Å². The summed E-state index contributed by atoms with van der Waals surface area (Å²) in [4.78, 5) is 28.3. The lowest BCUT2D eigenvalue weighted by Crippen LogP contribution is -2.48. The summed E-state index contributed by atoms with van der Waals surface area (Å²) in [6, 6.07) is 7.28. The molecule has 1 aromatic carbocycles. The molecule has 1 saturated carbocycles. The highest BCUT2D eigenvalue weighted by Crippen LogP contribution is 2.30. The number of rotatable bonds is 3. The van der Waals surface area contributed by atoms with Gasteiger partial charge in [-0.1, -0.05) is 25.3 Å². The lowest BCUT2D eigenvalue weighted by Gasteiger charge is -2.38. The number of cyclic esters (lactones) is 1. The number of carbonyl (C=O) groups excluding carboxylic acids is 2. The van der Waals surface area contributed by atoms with E-state index in [0.717, 1.165) is 5.69 Å². The molecular formula is C20H26N2O4. The molecular weight excluding hydrogens is 332 g/mol. The summed E-state index contributed by atoms with van der Waals surface area (Å²) in [6.07, 6.45) is 6.08. The largest absolute Gasteiger partial charge is 0.447 e. The first kappa shape index (κ1) is 17.3.